The Kier molecular flexibility index (Phi) is 4.69. The first kappa shape index (κ1) is 10.6. The van der Waals surface area contributed by atoms with Crippen molar-refractivity contribution >= 4 is 29.5 Å². The molecule has 1 fully saturated rings. The van der Waals surface area contributed by atoms with Crippen LogP contribution in [0.3, 0.4) is 0 Å². The van der Waals surface area contributed by atoms with Gasteiger partial charge in [-0.2, -0.15) is 0 Å². The number of nitrogens with zero attached hydrogens (tertiary/aromatic N) is 3. The van der Waals surface area contributed by atoms with E-state index >= 15 is 0 Å². The minimum absolute atomic E-state index is 0.0437. The van der Waals surface area contributed by atoms with Gasteiger partial charge >= 0.3 is 0 Å². The zero-order valence-electron chi connectivity index (χ0n) is 8.58. The van der Waals surface area contributed by atoms with Crippen molar-refractivity contribution in [3.63, 3.8) is 0 Å². The maximum atomic E-state index is 2.78. The fourth-order valence-electron chi connectivity index (χ4n) is 1.58. The van der Waals surface area contributed by atoms with Gasteiger partial charge in [0.25, 0.3) is 0 Å². The molecule has 1 aliphatic rings. The van der Waals surface area contributed by atoms with Gasteiger partial charge in [-0.15, -0.1) is 0 Å². The molecule has 6 heteroatoms. The monoisotopic (exact) mass is 219 g/mol. The van der Waals surface area contributed by atoms with Crippen molar-refractivity contribution < 1.29 is 0 Å². The van der Waals surface area contributed by atoms with E-state index in [2.05, 4.69) is 33.5 Å². The molecule has 0 aromatic heterocycles. The van der Waals surface area contributed by atoms with E-state index in [0.717, 1.165) is 0 Å². The van der Waals surface area contributed by atoms with E-state index in [9.17, 15) is 0 Å². The summed E-state index contributed by atoms with van der Waals surface area (Å²) in [6.07, 6.45) is 0. The van der Waals surface area contributed by atoms with E-state index in [1.165, 1.54) is 19.6 Å². The number of rotatable bonds is 3. The van der Waals surface area contributed by atoms with E-state index in [4.69, 9.17) is 0 Å². The molecular weight excluding hydrogens is 198 g/mol. The molecule has 0 saturated carbocycles. The fraction of sp³-hybridized carbons (Fsp3) is 1.00. The van der Waals surface area contributed by atoms with Crippen molar-refractivity contribution in [3.05, 3.63) is 0 Å². The van der Waals surface area contributed by atoms with Crippen molar-refractivity contribution in [2.24, 2.45) is 0 Å². The summed E-state index contributed by atoms with van der Waals surface area (Å²) in [5.74, 6) is 0. The molecule has 0 unspecified atom stereocenters. The molecule has 0 spiro atoms. The van der Waals surface area contributed by atoms with Crippen molar-refractivity contribution in [3.8, 4) is 0 Å². The summed E-state index contributed by atoms with van der Waals surface area (Å²) >= 11 is 0. The highest BCUT2D eigenvalue weighted by Gasteiger charge is 2.20. The Balaban J connectivity index is 2.41. The maximum Gasteiger partial charge on any atom is 0.160 e. The average molecular weight is 220 g/mol. The molecule has 0 aliphatic carbocycles. The Hall–Kier alpha value is 0.531. The molecule has 0 radical (unpaired) electrons. The largest absolute Gasteiger partial charge is 0.332 e. The number of hydrogen-bond donors (Lipinski definition) is 0. The highest BCUT2D eigenvalue weighted by Crippen LogP contribution is 1.99. The normalized spacial score (nSPS) is 29.2. The Morgan fingerprint density at radius 2 is 0.917 bits per heavy atom. The number of hydrogen-bond acceptors (Lipinski definition) is 3. The summed E-state index contributed by atoms with van der Waals surface area (Å²) < 4.78 is 8.34. The van der Waals surface area contributed by atoms with Crippen LogP contribution in [0, 0.1) is 0 Å². The summed E-state index contributed by atoms with van der Waals surface area (Å²) in [6, 6.07) is 0. The molecule has 0 aromatic carbocycles. The minimum Gasteiger partial charge on any atom is -0.332 e. The van der Waals surface area contributed by atoms with Gasteiger partial charge in [-0.25, -0.2) is 0 Å². The van der Waals surface area contributed by atoms with Crippen LogP contribution < -0.4 is 0 Å². The molecule has 12 heavy (non-hydrogen) atoms. The summed E-state index contributed by atoms with van der Waals surface area (Å²) in [7, 11) is 0.131. The highest BCUT2D eigenvalue weighted by atomic mass is 28.4. The lowest BCUT2D eigenvalue weighted by Crippen LogP contribution is -2.61. The Labute approximate surface area is 83.0 Å². The Morgan fingerprint density at radius 3 is 1.08 bits per heavy atom. The predicted molar refractivity (Wildman–Crippen MR) is 62.8 cm³/mol. The summed E-state index contributed by atoms with van der Waals surface area (Å²) in [4.78, 5) is 0. The molecule has 1 rings (SSSR count). The Morgan fingerprint density at radius 1 is 0.667 bits per heavy atom. The standard InChI is InChI=1S/C6H21N3Si3/c1-4-7-10-8(5-2)12-9(6-3)11-7/h4-6,10-12H2,1-3H3. The van der Waals surface area contributed by atoms with Crippen LogP contribution in [0.5, 0.6) is 0 Å². The van der Waals surface area contributed by atoms with E-state index in [-0.39, 0.29) is 29.5 Å². The molecule has 1 saturated heterocycles. The van der Waals surface area contributed by atoms with Crippen LogP contribution in [-0.2, 0) is 0 Å². The van der Waals surface area contributed by atoms with Crippen LogP contribution >= 0.6 is 0 Å². The van der Waals surface area contributed by atoms with E-state index in [1.807, 2.05) is 0 Å². The Bertz CT molecular complexity index is 105. The first-order chi connectivity index (χ1) is 5.80. The van der Waals surface area contributed by atoms with Gasteiger partial charge in [0.1, 0.15) is 0 Å². The van der Waals surface area contributed by atoms with Gasteiger partial charge in [-0.05, 0) is 19.6 Å². The zero-order chi connectivity index (χ0) is 8.97. The van der Waals surface area contributed by atoms with Gasteiger partial charge in [0.05, 0.1) is 0 Å². The topological polar surface area (TPSA) is 9.72 Å². The second-order valence-electron chi connectivity index (χ2n) is 3.39. The van der Waals surface area contributed by atoms with Crippen molar-refractivity contribution in [2.75, 3.05) is 19.6 Å². The van der Waals surface area contributed by atoms with E-state index in [1.54, 1.807) is 0 Å². The molecule has 0 bridgehead atoms. The minimum atomic E-state index is 0.0437. The van der Waals surface area contributed by atoms with Crippen LogP contribution in [0.2, 0.25) is 0 Å². The fourth-order valence-corrected chi connectivity index (χ4v) is 13.2. The molecule has 0 aromatic rings. The molecule has 0 N–H and O–H groups in total. The smallest absolute Gasteiger partial charge is 0.160 e. The van der Waals surface area contributed by atoms with Crippen molar-refractivity contribution in [1.29, 1.82) is 0 Å². The SMILES string of the molecule is CCN1[SiH2]N(CC)[SiH2]N(CC)[SiH2]1. The quantitative estimate of drug-likeness (QED) is 0.507. The second kappa shape index (κ2) is 5.30. The first-order valence-electron chi connectivity index (χ1n) is 4.97. The van der Waals surface area contributed by atoms with Crippen molar-refractivity contribution in [1.82, 2.24) is 12.7 Å². The van der Waals surface area contributed by atoms with Gasteiger partial charge < -0.3 is 12.7 Å². The third-order valence-electron chi connectivity index (χ3n) is 2.54. The molecule has 72 valence electrons. The second-order valence-corrected chi connectivity index (χ2v) is 12.3. The molecule has 1 aliphatic heterocycles. The van der Waals surface area contributed by atoms with Crippen LogP contribution in [0.15, 0.2) is 0 Å². The molecular formula is C6H21N3Si3. The van der Waals surface area contributed by atoms with Gasteiger partial charge in [0.2, 0.25) is 0 Å². The first-order valence-corrected chi connectivity index (χ1v) is 8.76. The van der Waals surface area contributed by atoms with Gasteiger partial charge in [0, 0.05) is 0 Å². The van der Waals surface area contributed by atoms with Gasteiger partial charge in [-0.1, -0.05) is 20.8 Å². The lowest BCUT2D eigenvalue weighted by Gasteiger charge is -2.40. The zero-order valence-corrected chi connectivity index (χ0v) is 12.8. The van der Waals surface area contributed by atoms with Crippen LogP contribution in [0.4, 0.5) is 0 Å². The van der Waals surface area contributed by atoms with Crippen molar-refractivity contribution in [2.45, 2.75) is 20.8 Å². The summed E-state index contributed by atoms with van der Waals surface area (Å²) in [5.41, 5.74) is 0. The summed E-state index contributed by atoms with van der Waals surface area (Å²) in [5, 5.41) is 0. The van der Waals surface area contributed by atoms with Gasteiger partial charge in [-0.3, -0.25) is 0 Å². The lowest BCUT2D eigenvalue weighted by atomic mass is 10.8. The maximum absolute atomic E-state index is 2.78. The molecule has 1 heterocycles. The van der Waals surface area contributed by atoms with E-state index < -0.39 is 0 Å². The third kappa shape index (κ3) is 2.79. The van der Waals surface area contributed by atoms with Gasteiger partial charge in [0.15, 0.2) is 29.5 Å². The molecule has 0 atom stereocenters. The van der Waals surface area contributed by atoms with E-state index in [0.29, 0.717) is 0 Å². The molecule has 0 amide bonds. The highest BCUT2D eigenvalue weighted by molar-refractivity contribution is 6.64. The average Bonchev–Trinajstić information content (AvgIpc) is 2.16. The predicted octanol–water partition coefficient (Wildman–Crippen LogP) is -2.04. The van der Waals surface area contributed by atoms with Crippen LogP contribution in [0.25, 0.3) is 0 Å². The van der Waals surface area contributed by atoms with Crippen LogP contribution in [-0.4, -0.2) is 61.9 Å². The van der Waals surface area contributed by atoms with Crippen LogP contribution in [0.1, 0.15) is 20.8 Å². The third-order valence-corrected chi connectivity index (χ3v) is 11.2. The molecule has 3 nitrogen and oxygen atoms in total. The lowest BCUT2D eigenvalue weighted by molar-refractivity contribution is 0.506. The summed E-state index contributed by atoms with van der Waals surface area (Å²) in [6.45, 7) is 10.9.